The Morgan fingerprint density at radius 1 is 0.500 bits per heavy atom. The van der Waals surface area contributed by atoms with Gasteiger partial charge in [0.2, 0.25) is 0 Å². The molecule has 3 aromatic rings. The Labute approximate surface area is 141 Å². The maximum Gasteiger partial charge on any atom is 0.0561 e. The van der Waals surface area contributed by atoms with Gasteiger partial charge in [-0.25, -0.2) is 0 Å². The molecule has 0 unspecified atom stereocenters. The van der Waals surface area contributed by atoms with E-state index in [0.29, 0.717) is 0 Å². The molecular weight excluding hydrogens is 296 g/mol. The maximum atomic E-state index is 4.22. The Hall–Kier alpha value is -3.40. The first-order chi connectivity index (χ1) is 11.9. The smallest absolute Gasteiger partial charge is 0.0561 e. The third kappa shape index (κ3) is 4.81. The van der Waals surface area contributed by atoms with E-state index >= 15 is 0 Å². The molecular formula is C20H18N4. The minimum atomic E-state index is 0.962. The van der Waals surface area contributed by atoms with Gasteiger partial charge in [0, 0.05) is 0 Å². The highest BCUT2D eigenvalue weighted by Gasteiger charge is 1.91. The Bertz CT molecular complexity index is 724. The summed E-state index contributed by atoms with van der Waals surface area (Å²) >= 11 is 0. The quantitative estimate of drug-likeness (QED) is 0.517. The lowest BCUT2D eigenvalue weighted by atomic mass is 10.2. The molecule has 3 rings (SSSR count). The summed E-state index contributed by atoms with van der Waals surface area (Å²) in [6.07, 6.45) is 3.58. The SMILES string of the molecule is C(=N\Nc1ccccc1)/c1ccc(/C=N/Nc2ccccc2)cc1. The van der Waals surface area contributed by atoms with Crippen molar-refractivity contribution in [3.05, 3.63) is 96.1 Å². The van der Waals surface area contributed by atoms with Crippen LogP contribution in [0.15, 0.2) is 95.1 Å². The van der Waals surface area contributed by atoms with E-state index in [2.05, 4.69) is 21.1 Å². The van der Waals surface area contributed by atoms with Crippen LogP contribution in [0.5, 0.6) is 0 Å². The van der Waals surface area contributed by atoms with Gasteiger partial charge in [-0.3, -0.25) is 10.9 Å². The fourth-order valence-electron chi connectivity index (χ4n) is 2.06. The zero-order chi connectivity index (χ0) is 16.5. The van der Waals surface area contributed by atoms with Crippen LogP contribution in [-0.4, -0.2) is 12.4 Å². The Balaban J connectivity index is 1.53. The normalized spacial score (nSPS) is 11.0. The molecule has 0 fully saturated rings. The number of nitrogens with one attached hydrogen (secondary N) is 2. The fraction of sp³-hybridized carbons (Fsp3) is 0. The van der Waals surface area contributed by atoms with Gasteiger partial charge in [-0.15, -0.1) is 0 Å². The molecule has 0 radical (unpaired) electrons. The van der Waals surface area contributed by atoms with Crippen molar-refractivity contribution in [1.29, 1.82) is 0 Å². The number of anilines is 2. The first kappa shape index (κ1) is 15.5. The average molecular weight is 314 g/mol. The molecule has 0 saturated carbocycles. The van der Waals surface area contributed by atoms with Crippen LogP contribution in [0.1, 0.15) is 11.1 Å². The summed E-state index contributed by atoms with van der Waals surface area (Å²) in [6, 6.07) is 27.7. The monoisotopic (exact) mass is 314 g/mol. The van der Waals surface area contributed by atoms with Crippen LogP contribution in [0, 0.1) is 0 Å². The molecule has 0 aliphatic rings. The summed E-state index contributed by atoms with van der Waals surface area (Å²) in [4.78, 5) is 0. The van der Waals surface area contributed by atoms with Gasteiger partial charge in [0.1, 0.15) is 0 Å². The second-order valence-electron chi connectivity index (χ2n) is 5.14. The highest BCUT2D eigenvalue weighted by molar-refractivity contribution is 5.84. The molecule has 4 heteroatoms. The lowest BCUT2D eigenvalue weighted by molar-refractivity contribution is 1.34. The van der Waals surface area contributed by atoms with Crippen molar-refractivity contribution in [2.24, 2.45) is 10.2 Å². The molecule has 2 N–H and O–H groups in total. The summed E-state index contributed by atoms with van der Waals surface area (Å²) in [5.41, 5.74) is 9.95. The molecule has 0 atom stereocenters. The Morgan fingerprint density at radius 2 is 0.875 bits per heavy atom. The van der Waals surface area contributed by atoms with Crippen molar-refractivity contribution >= 4 is 23.8 Å². The number of benzene rings is 3. The topological polar surface area (TPSA) is 48.8 Å². The molecule has 0 aliphatic carbocycles. The van der Waals surface area contributed by atoms with E-state index in [-0.39, 0.29) is 0 Å². The van der Waals surface area contributed by atoms with Crippen LogP contribution in [0.4, 0.5) is 11.4 Å². The largest absolute Gasteiger partial charge is 0.279 e. The molecule has 3 aromatic carbocycles. The molecule has 0 spiro atoms. The van der Waals surface area contributed by atoms with Crippen LogP contribution >= 0.6 is 0 Å². The van der Waals surface area contributed by atoms with Gasteiger partial charge >= 0.3 is 0 Å². The van der Waals surface area contributed by atoms with Crippen molar-refractivity contribution in [3.8, 4) is 0 Å². The minimum absolute atomic E-state index is 0.962. The molecule has 0 saturated heterocycles. The van der Waals surface area contributed by atoms with Gasteiger partial charge in [-0.1, -0.05) is 60.7 Å². The van der Waals surface area contributed by atoms with E-state index in [0.717, 1.165) is 22.5 Å². The van der Waals surface area contributed by atoms with Crippen LogP contribution in [-0.2, 0) is 0 Å². The van der Waals surface area contributed by atoms with Crippen LogP contribution in [0.25, 0.3) is 0 Å². The standard InChI is InChI=1S/C20H18N4/c1-3-7-19(8-4-1)23-21-15-17-11-13-18(14-12-17)16-22-24-20-9-5-2-6-10-20/h1-16,23-24H/b21-15+,22-16+. The number of rotatable bonds is 6. The van der Waals surface area contributed by atoms with Gasteiger partial charge in [-0.2, -0.15) is 10.2 Å². The maximum absolute atomic E-state index is 4.22. The van der Waals surface area contributed by atoms with Gasteiger partial charge < -0.3 is 0 Å². The summed E-state index contributed by atoms with van der Waals surface area (Å²) in [7, 11) is 0. The summed E-state index contributed by atoms with van der Waals surface area (Å²) in [5, 5.41) is 8.44. The third-order valence-electron chi connectivity index (χ3n) is 3.30. The van der Waals surface area contributed by atoms with Crippen molar-refractivity contribution < 1.29 is 0 Å². The Kier molecular flexibility index (Phi) is 5.35. The summed E-state index contributed by atoms with van der Waals surface area (Å²) in [5.74, 6) is 0. The van der Waals surface area contributed by atoms with E-state index in [1.165, 1.54) is 0 Å². The number of para-hydroxylation sites is 2. The van der Waals surface area contributed by atoms with Crippen molar-refractivity contribution in [1.82, 2.24) is 0 Å². The van der Waals surface area contributed by atoms with Crippen molar-refractivity contribution in [2.75, 3.05) is 10.9 Å². The van der Waals surface area contributed by atoms with Gasteiger partial charge in [0.25, 0.3) is 0 Å². The number of hydrogen-bond donors (Lipinski definition) is 2. The molecule has 4 nitrogen and oxygen atoms in total. The summed E-state index contributed by atoms with van der Waals surface area (Å²) < 4.78 is 0. The van der Waals surface area contributed by atoms with Gasteiger partial charge in [0.05, 0.1) is 23.8 Å². The lowest BCUT2D eigenvalue weighted by Gasteiger charge is -2.00. The molecule has 24 heavy (non-hydrogen) atoms. The zero-order valence-corrected chi connectivity index (χ0v) is 13.1. The van der Waals surface area contributed by atoms with Crippen LogP contribution < -0.4 is 10.9 Å². The van der Waals surface area contributed by atoms with Gasteiger partial charge in [-0.05, 0) is 35.4 Å². The predicted molar refractivity (Wildman–Crippen MR) is 102 cm³/mol. The van der Waals surface area contributed by atoms with Crippen LogP contribution in [0.3, 0.4) is 0 Å². The highest BCUT2D eigenvalue weighted by atomic mass is 15.3. The molecule has 118 valence electrons. The first-order valence-electron chi connectivity index (χ1n) is 7.68. The molecule has 0 aromatic heterocycles. The predicted octanol–water partition coefficient (Wildman–Crippen LogP) is 4.58. The van der Waals surface area contributed by atoms with E-state index < -0.39 is 0 Å². The molecule has 0 bridgehead atoms. The summed E-state index contributed by atoms with van der Waals surface area (Å²) in [6.45, 7) is 0. The molecule has 0 heterocycles. The average Bonchev–Trinajstić information content (AvgIpc) is 2.65. The number of hydrazone groups is 2. The fourth-order valence-corrected chi connectivity index (χ4v) is 2.06. The number of hydrogen-bond acceptors (Lipinski definition) is 4. The number of nitrogens with zero attached hydrogens (tertiary/aromatic N) is 2. The third-order valence-corrected chi connectivity index (χ3v) is 3.30. The van der Waals surface area contributed by atoms with Crippen molar-refractivity contribution in [2.45, 2.75) is 0 Å². The second-order valence-corrected chi connectivity index (χ2v) is 5.14. The second kappa shape index (κ2) is 8.29. The minimum Gasteiger partial charge on any atom is -0.279 e. The van der Waals surface area contributed by atoms with E-state index in [1.807, 2.05) is 84.9 Å². The van der Waals surface area contributed by atoms with Crippen molar-refractivity contribution in [3.63, 3.8) is 0 Å². The van der Waals surface area contributed by atoms with Crippen LogP contribution in [0.2, 0.25) is 0 Å². The van der Waals surface area contributed by atoms with E-state index in [1.54, 1.807) is 12.4 Å². The van der Waals surface area contributed by atoms with E-state index in [4.69, 9.17) is 0 Å². The molecule has 0 aliphatic heterocycles. The Morgan fingerprint density at radius 3 is 1.25 bits per heavy atom. The van der Waals surface area contributed by atoms with Gasteiger partial charge in [0.15, 0.2) is 0 Å². The highest BCUT2D eigenvalue weighted by Crippen LogP contribution is 2.06. The first-order valence-corrected chi connectivity index (χ1v) is 7.68. The lowest BCUT2D eigenvalue weighted by Crippen LogP contribution is -1.92. The van der Waals surface area contributed by atoms with E-state index in [9.17, 15) is 0 Å². The zero-order valence-electron chi connectivity index (χ0n) is 13.1. The molecule has 0 amide bonds.